The SMILES string of the molecule is CC1=NCCCN(C)CCCNC(C)(C)C1.F[P-](F)(F)(F)(F)F.[Ni+2].[S-]c1nc2ccccc2[nH]1. The van der Waals surface area contributed by atoms with Crippen molar-refractivity contribution in [3.63, 3.8) is 0 Å². The summed E-state index contributed by atoms with van der Waals surface area (Å²) in [7, 11) is -8.46. The van der Waals surface area contributed by atoms with Crippen LogP contribution in [0.5, 0.6) is 0 Å². The fourth-order valence-corrected chi connectivity index (χ4v) is 3.39. The van der Waals surface area contributed by atoms with Gasteiger partial charge in [-0.25, -0.2) is 0 Å². The number of aromatic nitrogens is 2. The molecule has 2 heterocycles. The van der Waals surface area contributed by atoms with E-state index in [9.17, 15) is 25.2 Å². The van der Waals surface area contributed by atoms with Gasteiger partial charge in [0.1, 0.15) is 0 Å². The summed E-state index contributed by atoms with van der Waals surface area (Å²) in [4.78, 5) is 14.1. The van der Waals surface area contributed by atoms with Crippen LogP contribution in [0.15, 0.2) is 34.4 Å². The number of benzene rings is 1. The Balaban J connectivity index is 0.000000518. The zero-order chi connectivity index (χ0) is 25.4. The molecule has 0 fully saturated rings. The van der Waals surface area contributed by atoms with Crippen LogP contribution in [0.4, 0.5) is 25.2 Å². The molecule has 2 N–H and O–H groups in total. The second-order valence-corrected chi connectivity index (χ2v) is 10.9. The molecule has 0 amide bonds. The van der Waals surface area contributed by atoms with E-state index in [1.807, 2.05) is 24.3 Å². The van der Waals surface area contributed by atoms with Crippen molar-refractivity contribution in [1.82, 2.24) is 20.2 Å². The molecule has 1 aromatic heterocycles. The van der Waals surface area contributed by atoms with Gasteiger partial charge in [0.25, 0.3) is 0 Å². The van der Waals surface area contributed by atoms with Gasteiger partial charge in [0.2, 0.25) is 0 Å². The molecule has 1 aliphatic rings. The number of hydrogen-bond acceptors (Lipinski definition) is 5. The Bertz CT molecular complexity index is 877. The van der Waals surface area contributed by atoms with Crippen molar-refractivity contribution in [2.24, 2.45) is 4.99 Å². The van der Waals surface area contributed by atoms with E-state index in [2.05, 4.69) is 53.0 Å². The van der Waals surface area contributed by atoms with Crippen LogP contribution in [0.3, 0.4) is 0 Å². The van der Waals surface area contributed by atoms with E-state index < -0.39 is 7.81 Å². The number of aromatic amines is 1. The predicted octanol–water partition coefficient (Wildman–Crippen LogP) is 6.78. The van der Waals surface area contributed by atoms with Crippen molar-refractivity contribution < 1.29 is 41.7 Å². The van der Waals surface area contributed by atoms with Crippen LogP contribution in [0.25, 0.3) is 11.0 Å². The van der Waals surface area contributed by atoms with Gasteiger partial charge in [0.15, 0.2) is 0 Å². The molecular formula is C20H32F6N5NiPS. The maximum Gasteiger partial charge on any atom is 2.00 e. The van der Waals surface area contributed by atoms with E-state index in [1.54, 1.807) is 0 Å². The van der Waals surface area contributed by atoms with Crippen molar-refractivity contribution in [2.45, 2.75) is 50.7 Å². The second-order valence-electron chi connectivity index (χ2n) is 8.63. The molecule has 5 nitrogen and oxygen atoms in total. The standard InChI is InChI=1S/C13H27N3.C7H6N2S.F6P.Ni/c1-12-11-13(2,3)15-8-6-10-16(4)9-5-7-14-12;10-7-8-5-3-1-2-4-6(5)9-7;1-7(2,3,4,5)6;/h15H,5-11H2,1-4H3;1-4H,(H2,8,9,10);;/q;;-1;+2/p-1. The minimum atomic E-state index is -10.7. The molecule has 0 radical (unpaired) electrons. The Morgan fingerprint density at radius 2 is 1.59 bits per heavy atom. The zero-order valence-corrected chi connectivity index (χ0v) is 22.2. The molecule has 3 rings (SSSR count). The van der Waals surface area contributed by atoms with Gasteiger partial charge in [-0.15, -0.1) is 0 Å². The number of rotatable bonds is 0. The van der Waals surface area contributed by atoms with E-state index in [-0.39, 0.29) is 22.0 Å². The van der Waals surface area contributed by atoms with Crippen LogP contribution in [0.2, 0.25) is 0 Å². The van der Waals surface area contributed by atoms with Crippen molar-refractivity contribution in [3.8, 4) is 0 Å². The molecule has 14 heteroatoms. The third kappa shape index (κ3) is 19.3. The van der Waals surface area contributed by atoms with Crippen molar-refractivity contribution >= 4 is 37.2 Å². The van der Waals surface area contributed by atoms with E-state index in [4.69, 9.17) is 12.6 Å². The predicted molar refractivity (Wildman–Crippen MR) is 127 cm³/mol. The van der Waals surface area contributed by atoms with Crippen LogP contribution in [0.1, 0.15) is 40.0 Å². The van der Waals surface area contributed by atoms with E-state index in [0.29, 0.717) is 5.16 Å². The number of para-hydroxylation sites is 2. The molecule has 0 saturated heterocycles. The number of aliphatic imine (C=N–C) groups is 1. The molecule has 200 valence electrons. The Labute approximate surface area is 212 Å². The topological polar surface area (TPSA) is 56.3 Å². The summed E-state index contributed by atoms with van der Waals surface area (Å²) in [6.07, 6.45) is 3.47. The van der Waals surface area contributed by atoms with Crippen molar-refractivity contribution in [2.75, 3.05) is 33.2 Å². The molecule has 34 heavy (non-hydrogen) atoms. The van der Waals surface area contributed by atoms with Crippen LogP contribution in [0, 0.1) is 0 Å². The molecule has 1 aromatic carbocycles. The van der Waals surface area contributed by atoms with Gasteiger partial charge >= 0.3 is 49.5 Å². The fraction of sp³-hybridized carbons (Fsp3) is 0.600. The number of H-pyrrole nitrogens is 1. The molecule has 2 aromatic rings. The van der Waals surface area contributed by atoms with Gasteiger partial charge in [-0.2, -0.15) is 0 Å². The number of hydrogen-bond donors (Lipinski definition) is 2. The van der Waals surface area contributed by atoms with Crippen LogP contribution < -0.4 is 5.32 Å². The van der Waals surface area contributed by atoms with Gasteiger partial charge in [-0.3, -0.25) is 9.98 Å². The summed E-state index contributed by atoms with van der Waals surface area (Å²) in [5, 5.41) is 4.18. The van der Waals surface area contributed by atoms with Crippen molar-refractivity contribution in [3.05, 3.63) is 24.3 Å². The second kappa shape index (κ2) is 12.3. The normalized spacial score (nSPS) is 19.8. The van der Waals surface area contributed by atoms with E-state index >= 15 is 0 Å². The summed E-state index contributed by atoms with van der Waals surface area (Å²) in [6.45, 7) is 11.1. The number of nitrogens with one attached hydrogen (secondary N) is 2. The summed E-state index contributed by atoms with van der Waals surface area (Å²) in [5.74, 6) is 0. The van der Waals surface area contributed by atoms with E-state index in [0.717, 1.165) is 30.5 Å². The maximum atomic E-state index is 9.87. The van der Waals surface area contributed by atoms with Gasteiger partial charge < -0.3 is 27.8 Å². The van der Waals surface area contributed by atoms with E-state index in [1.165, 1.54) is 31.6 Å². The molecule has 0 saturated carbocycles. The van der Waals surface area contributed by atoms with Crippen LogP contribution in [-0.4, -0.2) is 59.3 Å². The number of nitrogens with zero attached hydrogens (tertiary/aromatic N) is 3. The Morgan fingerprint density at radius 1 is 1.03 bits per heavy atom. The smallest absolute Gasteiger partial charge is 0.742 e. The average molecular weight is 578 g/mol. The maximum absolute atomic E-state index is 10.7. The zero-order valence-electron chi connectivity index (χ0n) is 19.5. The minimum absolute atomic E-state index is 0. The first-order chi connectivity index (χ1) is 14.8. The summed E-state index contributed by atoms with van der Waals surface area (Å²) >= 11 is 4.85. The van der Waals surface area contributed by atoms with Crippen LogP contribution in [-0.2, 0) is 29.1 Å². The van der Waals surface area contributed by atoms with Gasteiger partial charge in [-0.05, 0) is 77.6 Å². The first-order valence-corrected chi connectivity index (χ1v) is 12.9. The first kappa shape index (κ1) is 33.0. The number of halogens is 6. The summed E-state index contributed by atoms with van der Waals surface area (Å²) in [6, 6.07) is 7.78. The molecule has 0 spiro atoms. The van der Waals surface area contributed by atoms with Crippen LogP contribution >= 0.6 is 7.81 Å². The van der Waals surface area contributed by atoms with Gasteiger partial charge in [-0.1, -0.05) is 12.1 Å². The minimum Gasteiger partial charge on any atom is -0.742 e. The Hall–Kier alpha value is -0.996. The Kier molecular flexibility index (Phi) is 11.9. The van der Waals surface area contributed by atoms with Gasteiger partial charge in [0, 0.05) is 24.2 Å². The summed E-state index contributed by atoms with van der Waals surface area (Å²) in [5.41, 5.74) is 3.41. The van der Waals surface area contributed by atoms with Gasteiger partial charge in [0.05, 0.1) is 11.0 Å². The molecule has 0 aliphatic carbocycles. The molecular weight excluding hydrogens is 546 g/mol. The number of imidazole rings is 1. The molecule has 0 atom stereocenters. The quantitative estimate of drug-likeness (QED) is 0.157. The molecule has 0 bridgehead atoms. The largest absolute Gasteiger partial charge is 2.00 e. The fourth-order valence-electron chi connectivity index (χ4n) is 3.19. The monoisotopic (exact) mass is 577 g/mol. The molecule has 0 unspecified atom stereocenters. The third-order valence-corrected chi connectivity index (χ3v) is 4.66. The number of fused-ring (bicyclic) bond motifs is 1. The summed E-state index contributed by atoms with van der Waals surface area (Å²) < 4.78 is 59.2. The first-order valence-electron chi connectivity index (χ1n) is 10.4. The Morgan fingerprint density at radius 3 is 2.18 bits per heavy atom. The average Bonchev–Trinajstić information content (AvgIpc) is 2.99. The third-order valence-electron chi connectivity index (χ3n) is 4.47. The van der Waals surface area contributed by atoms with Crippen molar-refractivity contribution in [1.29, 1.82) is 0 Å². The molecule has 1 aliphatic heterocycles.